The topological polar surface area (TPSA) is 40.5 Å². The number of thiophene rings is 1. The monoisotopic (exact) mass is 227 g/mol. The van der Waals surface area contributed by atoms with E-state index in [-0.39, 0.29) is 11.9 Å². The Morgan fingerprint density at radius 1 is 1.53 bits per heavy atom. The Morgan fingerprint density at radius 3 is 2.60 bits per heavy atom. The molecule has 1 heterocycles. The van der Waals surface area contributed by atoms with Crippen LogP contribution in [0.3, 0.4) is 0 Å². The fraction of sp³-hybridized carbons (Fsp3) is 0.545. The zero-order valence-electron chi connectivity index (χ0n) is 9.30. The second-order valence-electron chi connectivity index (χ2n) is 3.88. The number of carbonyl (C=O) groups is 1. The Morgan fingerprint density at radius 2 is 2.20 bits per heavy atom. The molecule has 1 unspecified atom stereocenters. The highest BCUT2D eigenvalue weighted by Crippen LogP contribution is 2.14. The minimum atomic E-state index is -0.490. The van der Waals surface area contributed by atoms with Gasteiger partial charge in [0.05, 0.1) is 11.0 Å². The minimum Gasteiger partial charge on any atom is -0.392 e. The molecule has 0 saturated carbocycles. The quantitative estimate of drug-likeness (QED) is 0.854. The lowest BCUT2D eigenvalue weighted by Gasteiger charge is -2.27. The van der Waals surface area contributed by atoms with Crippen molar-refractivity contribution in [2.24, 2.45) is 0 Å². The molecule has 1 N–H and O–H groups in total. The van der Waals surface area contributed by atoms with Crippen LogP contribution in [0.5, 0.6) is 0 Å². The zero-order chi connectivity index (χ0) is 11.4. The first-order valence-electron chi connectivity index (χ1n) is 5.05. The molecule has 1 aromatic heterocycles. The molecule has 0 aliphatic heterocycles. The van der Waals surface area contributed by atoms with E-state index in [2.05, 4.69) is 0 Å². The maximum absolute atomic E-state index is 12.0. The van der Waals surface area contributed by atoms with Gasteiger partial charge in [0, 0.05) is 12.6 Å². The summed E-state index contributed by atoms with van der Waals surface area (Å²) in [6.07, 6.45) is -0.490. The summed E-state index contributed by atoms with van der Waals surface area (Å²) in [6.45, 7) is 5.98. The number of nitrogens with zero attached hydrogens (tertiary/aromatic N) is 1. The number of hydrogen-bond donors (Lipinski definition) is 1. The minimum absolute atomic E-state index is 0.000833. The van der Waals surface area contributed by atoms with E-state index in [1.165, 1.54) is 11.3 Å². The van der Waals surface area contributed by atoms with Crippen molar-refractivity contribution < 1.29 is 9.90 Å². The van der Waals surface area contributed by atoms with Gasteiger partial charge >= 0.3 is 0 Å². The van der Waals surface area contributed by atoms with Crippen LogP contribution in [0.1, 0.15) is 30.4 Å². The summed E-state index contributed by atoms with van der Waals surface area (Å²) in [6, 6.07) is 3.78. The van der Waals surface area contributed by atoms with E-state index < -0.39 is 6.10 Å². The summed E-state index contributed by atoms with van der Waals surface area (Å²) in [5.41, 5.74) is 0. The maximum Gasteiger partial charge on any atom is 0.264 e. The van der Waals surface area contributed by atoms with Crippen LogP contribution in [0.15, 0.2) is 17.5 Å². The van der Waals surface area contributed by atoms with Gasteiger partial charge in [0.15, 0.2) is 0 Å². The lowest BCUT2D eigenvalue weighted by Crippen LogP contribution is -2.41. The summed E-state index contributed by atoms with van der Waals surface area (Å²) in [5, 5.41) is 11.2. The molecule has 0 spiro atoms. The predicted molar refractivity (Wildman–Crippen MR) is 62.2 cm³/mol. The highest BCUT2D eigenvalue weighted by molar-refractivity contribution is 7.12. The van der Waals surface area contributed by atoms with Crippen LogP contribution in [-0.2, 0) is 0 Å². The van der Waals surface area contributed by atoms with Crippen LogP contribution in [0.4, 0.5) is 0 Å². The molecular formula is C11H17NO2S. The average molecular weight is 227 g/mol. The molecule has 4 heteroatoms. The summed E-state index contributed by atoms with van der Waals surface area (Å²) < 4.78 is 0. The first-order chi connectivity index (χ1) is 7.02. The molecule has 0 aliphatic carbocycles. The largest absolute Gasteiger partial charge is 0.392 e. The van der Waals surface area contributed by atoms with Crippen molar-refractivity contribution in [3.8, 4) is 0 Å². The third-order valence-corrected chi connectivity index (χ3v) is 2.93. The Hall–Kier alpha value is -0.870. The fourth-order valence-corrected chi connectivity index (χ4v) is 2.03. The van der Waals surface area contributed by atoms with Crippen LogP contribution >= 0.6 is 11.3 Å². The van der Waals surface area contributed by atoms with Crippen molar-refractivity contribution in [1.82, 2.24) is 4.90 Å². The standard InChI is InChI=1S/C11H17NO2S/c1-8(2)12(7-9(3)13)11(14)10-5-4-6-15-10/h4-6,8-9,13H,7H2,1-3H3. The van der Waals surface area contributed by atoms with Gasteiger partial charge < -0.3 is 10.0 Å². The molecule has 0 aromatic carbocycles. The molecule has 1 amide bonds. The van der Waals surface area contributed by atoms with E-state index in [4.69, 9.17) is 0 Å². The summed E-state index contributed by atoms with van der Waals surface area (Å²) in [4.78, 5) is 14.4. The van der Waals surface area contributed by atoms with Crippen LogP contribution in [0.2, 0.25) is 0 Å². The Labute approximate surface area is 94.3 Å². The van der Waals surface area contributed by atoms with Gasteiger partial charge in [-0.15, -0.1) is 11.3 Å². The highest BCUT2D eigenvalue weighted by atomic mass is 32.1. The van der Waals surface area contributed by atoms with E-state index in [1.54, 1.807) is 11.8 Å². The molecule has 0 saturated heterocycles. The number of aliphatic hydroxyl groups is 1. The normalized spacial score (nSPS) is 12.9. The van der Waals surface area contributed by atoms with Gasteiger partial charge in [0.1, 0.15) is 0 Å². The molecule has 0 bridgehead atoms. The average Bonchev–Trinajstić information content (AvgIpc) is 2.65. The number of hydrogen-bond acceptors (Lipinski definition) is 3. The lowest BCUT2D eigenvalue weighted by molar-refractivity contribution is 0.0583. The summed E-state index contributed by atoms with van der Waals surface area (Å²) in [5.74, 6) is 0.000833. The van der Waals surface area contributed by atoms with Gasteiger partial charge in [-0.3, -0.25) is 4.79 Å². The van der Waals surface area contributed by atoms with E-state index in [0.717, 1.165) is 4.88 Å². The number of aliphatic hydroxyl groups excluding tert-OH is 1. The molecule has 1 rings (SSSR count). The first-order valence-corrected chi connectivity index (χ1v) is 5.93. The molecule has 15 heavy (non-hydrogen) atoms. The number of carbonyl (C=O) groups excluding carboxylic acids is 1. The van der Waals surface area contributed by atoms with Crippen LogP contribution in [-0.4, -0.2) is 34.6 Å². The second kappa shape index (κ2) is 5.28. The van der Waals surface area contributed by atoms with Gasteiger partial charge in [-0.05, 0) is 32.2 Å². The Kier molecular flexibility index (Phi) is 4.29. The number of amides is 1. The molecule has 1 atom stereocenters. The molecule has 3 nitrogen and oxygen atoms in total. The van der Waals surface area contributed by atoms with Crippen molar-refractivity contribution >= 4 is 17.2 Å². The van der Waals surface area contributed by atoms with Gasteiger partial charge in [-0.2, -0.15) is 0 Å². The fourth-order valence-electron chi connectivity index (χ4n) is 1.35. The third-order valence-electron chi connectivity index (χ3n) is 2.08. The Bertz CT molecular complexity index is 306. The number of rotatable bonds is 4. The van der Waals surface area contributed by atoms with Crippen molar-refractivity contribution in [3.63, 3.8) is 0 Å². The van der Waals surface area contributed by atoms with Crippen molar-refractivity contribution in [2.45, 2.75) is 32.9 Å². The van der Waals surface area contributed by atoms with Crippen LogP contribution < -0.4 is 0 Å². The smallest absolute Gasteiger partial charge is 0.264 e. The summed E-state index contributed by atoms with van der Waals surface area (Å²) in [7, 11) is 0. The van der Waals surface area contributed by atoms with Gasteiger partial charge in [0.2, 0.25) is 0 Å². The van der Waals surface area contributed by atoms with Gasteiger partial charge in [0.25, 0.3) is 5.91 Å². The van der Waals surface area contributed by atoms with Gasteiger partial charge in [-0.1, -0.05) is 6.07 Å². The lowest BCUT2D eigenvalue weighted by atomic mass is 10.2. The maximum atomic E-state index is 12.0. The molecule has 0 aliphatic rings. The van der Waals surface area contributed by atoms with Gasteiger partial charge in [-0.25, -0.2) is 0 Å². The molecular weight excluding hydrogens is 210 g/mol. The molecule has 1 aromatic rings. The first kappa shape index (κ1) is 12.2. The van der Waals surface area contributed by atoms with Crippen LogP contribution in [0, 0.1) is 0 Å². The van der Waals surface area contributed by atoms with E-state index in [1.807, 2.05) is 31.4 Å². The molecule has 0 radical (unpaired) electrons. The predicted octanol–water partition coefficient (Wildman–Crippen LogP) is 1.98. The second-order valence-corrected chi connectivity index (χ2v) is 4.83. The van der Waals surface area contributed by atoms with Crippen LogP contribution in [0.25, 0.3) is 0 Å². The summed E-state index contributed by atoms with van der Waals surface area (Å²) >= 11 is 1.43. The zero-order valence-corrected chi connectivity index (χ0v) is 10.1. The highest BCUT2D eigenvalue weighted by Gasteiger charge is 2.20. The van der Waals surface area contributed by atoms with Crippen molar-refractivity contribution in [2.75, 3.05) is 6.54 Å². The van der Waals surface area contributed by atoms with E-state index in [9.17, 15) is 9.90 Å². The molecule has 0 fully saturated rings. The Balaban J connectivity index is 2.76. The van der Waals surface area contributed by atoms with Crippen molar-refractivity contribution in [3.05, 3.63) is 22.4 Å². The van der Waals surface area contributed by atoms with E-state index >= 15 is 0 Å². The molecule has 84 valence electrons. The third kappa shape index (κ3) is 3.32. The SMILES string of the molecule is CC(O)CN(C(=O)c1cccs1)C(C)C. The van der Waals surface area contributed by atoms with Crippen molar-refractivity contribution in [1.29, 1.82) is 0 Å². The van der Waals surface area contributed by atoms with E-state index in [0.29, 0.717) is 6.54 Å².